The highest BCUT2D eigenvalue weighted by molar-refractivity contribution is 5.71. The van der Waals surface area contributed by atoms with Crippen molar-refractivity contribution in [2.75, 3.05) is 13.2 Å². The molecule has 6 nitrogen and oxygen atoms in total. The van der Waals surface area contributed by atoms with E-state index in [1.807, 2.05) is 12.2 Å². The second kappa shape index (κ2) is 53.9. The molecule has 0 aromatic rings. The molecule has 0 amide bonds. The van der Waals surface area contributed by atoms with Gasteiger partial charge in [0.15, 0.2) is 6.10 Å². The van der Waals surface area contributed by atoms with Crippen molar-refractivity contribution in [1.29, 1.82) is 0 Å². The van der Waals surface area contributed by atoms with E-state index >= 15 is 0 Å². The fourth-order valence-corrected chi connectivity index (χ4v) is 6.41. The highest BCUT2D eigenvalue weighted by Crippen LogP contribution is 2.11. The molecule has 0 aliphatic heterocycles. The molecule has 0 spiro atoms. The monoisotopic (exact) mass is 923 g/mol. The number of unbranched alkanes of at least 4 members (excludes halogenated alkanes) is 10. The van der Waals surface area contributed by atoms with Crippen LogP contribution in [0.4, 0.5) is 0 Å². The van der Waals surface area contributed by atoms with Crippen LogP contribution in [-0.4, -0.2) is 37.2 Å². The van der Waals surface area contributed by atoms with Crippen molar-refractivity contribution in [3.8, 4) is 0 Å². The molecule has 0 N–H and O–H groups in total. The van der Waals surface area contributed by atoms with E-state index in [9.17, 15) is 14.4 Å². The van der Waals surface area contributed by atoms with Crippen LogP contribution in [0.5, 0.6) is 0 Å². The number of allylic oxidation sites excluding steroid dienone is 24. The Balaban J connectivity index is 4.58. The molecule has 0 aliphatic carbocycles. The molecule has 6 heteroatoms. The van der Waals surface area contributed by atoms with Crippen LogP contribution in [0.25, 0.3) is 0 Å². The highest BCUT2D eigenvalue weighted by atomic mass is 16.6. The summed E-state index contributed by atoms with van der Waals surface area (Å²) in [5, 5.41) is 0. The van der Waals surface area contributed by atoms with Gasteiger partial charge in [-0.05, 0) is 122 Å². The topological polar surface area (TPSA) is 78.9 Å². The van der Waals surface area contributed by atoms with Crippen molar-refractivity contribution in [2.24, 2.45) is 0 Å². The summed E-state index contributed by atoms with van der Waals surface area (Å²) in [7, 11) is 0. The van der Waals surface area contributed by atoms with Gasteiger partial charge in [-0.3, -0.25) is 14.4 Å². The van der Waals surface area contributed by atoms with E-state index in [1.54, 1.807) is 0 Å². The number of rotatable bonds is 45. The van der Waals surface area contributed by atoms with E-state index in [0.29, 0.717) is 19.3 Å². The molecule has 0 fully saturated rings. The third-order valence-electron chi connectivity index (χ3n) is 10.3. The van der Waals surface area contributed by atoms with Gasteiger partial charge in [-0.25, -0.2) is 0 Å². The molecule has 1 atom stereocenters. The molecule has 0 aromatic carbocycles. The fraction of sp³-hybridized carbons (Fsp3) is 0.557. The average molecular weight is 923 g/mol. The summed E-state index contributed by atoms with van der Waals surface area (Å²) < 4.78 is 16.7. The number of hydrogen-bond acceptors (Lipinski definition) is 6. The molecular formula is C61H94O6. The molecule has 0 bridgehead atoms. The van der Waals surface area contributed by atoms with Gasteiger partial charge in [-0.15, -0.1) is 0 Å². The summed E-state index contributed by atoms with van der Waals surface area (Å²) in [5.41, 5.74) is 0. The quantitative estimate of drug-likeness (QED) is 0.0262. The van der Waals surface area contributed by atoms with Gasteiger partial charge in [0.25, 0.3) is 0 Å². The highest BCUT2D eigenvalue weighted by Gasteiger charge is 2.19. The van der Waals surface area contributed by atoms with E-state index in [2.05, 4.69) is 154 Å². The molecule has 0 heterocycles. The van der Waals surface area contributed by atoms with Gasteiger partial charge in [0.1, 0.15) is 13.2 Å². The van der Waals surface area contributed by atoms with Crippen molar-refractivity contribution in [3.63, 3.8) is 0 Å². The van der Waals surface area contributed by atoms with Crippen LogP contribution >= 0.6 is 0 Å². The van der Waals surface area contributed by atoms with Crippen LogP contribution in [0.1, 0.15) is 201 Å². The molecule has 0 aromatic heterocycles. The Kier molecular flexibility index (Phi) is 50.1. The van der Waals surface area contributed by atoms with Crippen LogP contribution < -0.4 is 0 Å². The summed E-state index contributed by atoms with van der Waals surface area (Å²) >= 11 is 0. The molecule has 67 heavy (non-hydrogen) atoms. The predicted molar refractivity (Wildman–Crippen MR) is 288 cm³/mol. The molecule has 0 radical (unpaired) electrons. The molecule has 0 saturated heterocycles. The number of carbonyl (C=O) groups is 3. The Labute approximate surface area is 410 Å². The zero-order valence-electron chi connectivity index (χ0n) is 42.6. The summed E-state index contributed by atoms with van der Waals surface area (Å²) in [6, 6.07) is 0. The maximum Gasteiger partial charge on any atom is 0.306 e. The lowest BCUT2D eigenvalue weighted by Crippen LogP contribution is -2.30. The second-order valence-electron chi connectivity index (χ2n) is 16.7. The van der Waals surface area contributed by atoms with Crippen LogP contribution in [0, 0.1) is 0 Å². The summed E-state index contributed by atoms with van der Waals surface area (Å²) in [6.45, 7) is 6.24. The van der Waals surface area contributed by atoms with Crippen LogP contribution in [0.2, 0.25) is 0 Å². The first-order valence-electron chi connectivity index (χ1n) is 26.3. The van der Waals surface area contributed by atoms with E-state index in [4.69, 9.17) is 14.2 Å². The van der Waals surface area contributed by atoms with Gasteiger partial charge < -0.3 is 14.2 Å². The Morgan fingerprint density at radius 3 is 1.03 bits per heavy atom. The van der Waals surface area contributed by atoms with E-state index < -0.39 is 6.10 Å². The smallest absolute Gasteiger partial charge is 0.306 e. The van der Waals surface area contributed by atoms with Gasteiger partial charge in [-0.2, -0.15) is 0 Å². The summed E-state index contributed by atoms with van der Waals surface area (Å²) in [5.74, 6) is -1.07. The molecular weight excluding hydrogens is 829 g/mol. The van der Waals surface area contributed by atoms with Crippen molar-refractivity contribution < 1.29 is 28.6 Å². The Morgan fingerprint density at radius 1 is 0.313 bits per heavy atom. The zero-order valence-corrected chi connectivity index (χ0v) is 42.6. The van der Waals surface area contributed by atoms with Crippen molar-refractivity contribution >= 4 is 17.9 Å². The lowest BCUT2D eigenvalue weighted by molar-refractivity contribution is -0.166. The zero-order chi connectivity index (χ0) is 48.6. The van der Waals surface area contributed by atoms with Crippen LogP contribution in [-0.2, 0) is 28.6 Å². The van der Waals surface area contributed by atoms with Crippen molar-refractivity contribution in [2.45, 2.75) is 207 Å². The standard InChI is InChI=1S/C61H94O6/c1-4-7-10-13-16-19-22-24-26-28-30-32-34-36-39-42-45-48-51-54-60(63)66-57-58(56-65-59(62)53-50-47-44-41-38-21-18-15-12-9-6-3)67-61(64)55-52-49-46-43-40-37-35-33-31-29-27-25-23-20-17-14-11-8-5-2/h7-8,10-11,15-20,24-27,30-33,36-37,39-40,45,48,58H,4-6,9,12-14,21-23,28-29,34-35,38,41-44,46-47,49-57H2,1-3H3/b10-7-,11-8-,18-15-,19-16-,20-17-,26-24-,27-25-,32-30-,33-31-,39-36-,40-37-,48-45-. The predicted octanol–water partition coefficient (Wildman–Crippen LogP) is 17.6. The van der Waals surface area contributed by atoms with Gasteiger partial charge >= 0.3 is 17.9 Å². The molecule has 1 unspecified atom stereocenters. The number of hydrogen-bond donors (Lipinski definition) is 0. The van der Waals surface area contributed by atoms with Crippen molar-refractivity contribution in [3.05, 3.63) is 146 Å². The largest absolute Gasteiger partial charge is 0.462 e. The molecule has 374 valence electrons. The Morgan fingerprint density at radius 2 is 0.612 bits per heavy atom. The number of carbonyl (C=O) groups excluding carboxylic acids is 3. The first-order chi connectivity index (χ1) is 33.0. The maximum atomic E-state index is 12.8. The molecule has 0 rings (SSSR count). The normalized spacial score (nSPS) is 13.3. The van der Waals surface area contributed by atoms with Gasteiger partial charge in [-0.1, -0.05) is 205 Å². The maximum absolute atomic E-state index is 12.8. The Bertz CT molecular complexity index is 1530. The average Bonchev–Trinajstić information content (AvgIpc) is 3.33. The fourth-order valence-electron chi connectivity index (χ4n) is 6.41. The van der Waals surface area contributed by atoms with Crippen LogP contribution in [0.3, 0.4) is 0 Å². The van der Waals surface area contributed by atoms with Gasteiger partial charge in [0.2, 0.25) is 0 Å². The lowest BCUT2D eigenvalue weighted by Gasteiger charge is -2.18. The van der Waals surface area contributed by atoms with Gasteiger partial charge in [0, 0.05) is 19.3 Å². The number of esters is 3. The minimum absolute atomic E-state index is 0.126. The SMILES string of the molecule is CC/C=C\C/C=C\C/C=C\C/C=C\C/C=C\C/C=C\CCC(=O)OCC(COC(=O)CCCCCCC/C=C\CCCC)OC(=O)CCCCC/C=C\C/C=C\C/C=C\C/C=C\C/C=C\CC. The third kappa shape index (κ3) is 52.1. The first-order valence-corrected chi connectivity index (χ1v) is 26.3. The Hall–Kier alpha value is -4.71. The van der Waals surface area contributed by atoms with Crippen LogP contribution in [0.15, 0.2) is 146 Å². The minimum Gasteiger partial charge on any atom is -0.462 e. The summed E-state index contributed by atoms with van der Waals surface area (Å²) in [6.07, 6.45) is 77.0. The minimum atomic E-state index is -0.835. The van der Waals surface area contributed by atoms with Crippen molar-refractivity contribution in [1.82, 2.24) is 0 Å². The molecule has 0 aliphatic rings. The lowest BCUT2D eigenvalue weighted by atomic mass is 10.1. The third-order valence-corrected chi connectivity index (χ3v) is 10.3. The van der Waals surface area contributed by atoms with E-state index in [-0.39, 0.29) is 44.0 Å². The van der Waals surface area contributed by atoms with Gasteiger partial charge in [0.05, 0.1) is 0 Å². The summed E-state index contributed by atoms with van der Waals surface area (Å²) in [4.78, 5) is 38.0. The van der Waals surface area contributed by atoms with E-state index in [1.165, 1.54) is 25.7 Å². The first kappa shape index (κ1) is 62.3. The molecule has 0 saturated carbocycles. The van der Waals surface area contributed by atoms with E-state index in [0.717, 1.165) is 122 Å². The number of ether oxygens (including phenoxy) is 3. The second-order valence-corrected chi connectivity index (χ2v) is 16.7.